The first kappa shape index (κ1) is 19.4. The highest BCUT2D eigenvalue weighted by Gasteiger charge is 2.27. The van der Waals surface area contributed by atoms with Crippen LogP contribution in [-0.4, -0.2) is 40.9 Å². The van der Waals surface area contributed by atoms with Crippen molar-refractivity contribution < 1.29 is 27.1 Å². The Morgan fingerprint density at radius 2 is 2.00 bits per heavy atom. The summed E-state index contributed by atoms with van der Waals surface area (Å²) in [5.41, 5.74) is -0.209. The molecule has 0 bridgehead atoms. The summed E-state index contributed by atoms with van der Waals surface area (Å²) in [5.74, 6) is -2.42. The summed E-state index contributed by atoms with van der Waals surface area (Å²) in [7, 11) is -4.16. The van der Waals surface area contributed by atoms with E-state index in [9.17, 15) is 22.0 Å². The molecule has 0 fully saturated rings. The van der Waals surface area contributed by atoms with Crippen molar-refractivity contribution in [2.75, 3.05) is 6.54 Å². The third-order valence-electron chi connectivity index (χ3n) is 3.76. The van der Waals surface area contributed by atoms with Gasteiger partial charge in [-0.15, -0.1) is 0 Å². The molecule has 2 N–H and O–H groups in total. The first-order valence-corrected chi connectivity index (χ1v) is 9.44. The first-order valence-electron chi connectivity index (χ1n) is 7.96. The Bertz CT molecular complexity index is 1120. The average molecular weight is 408 g/mol. The lowest BCUT2D eigenvalue weighted by molar-refractivity contribution is 0.194. The Labute approximate surface area is 158 Å². The number of sulfone groups is 1. The molecule has 28 heavy (non-hydrogen) atoms. The van der Waals surface area contributed by atoms with Crippen LogP contribution in [0.4, 0.5) is 13.6 Å². The van der Waals surface area contributed by atoms with Gasteiger partial charge in [-0.1, -0.05) is 6.07 Å². The van der Waals surface area contributed by atoms with Crippen molar-refractivity contribution in [2.45, 2.75) is 16.3 Å². The minimum Gasteiger partial charge on any atom is -0.465 e. The van der Waals surface area contributed by atoms with E-state index in [1.165, 1.54) is 36.5 Å². The molecule has 0 aliphatic carbocycles. The number of aromatic nitrogens is 3. The highest BCUT2D eigenvalue weighted by molar-refractivity contribution is 7.91. The zero-order valence-corrected chi connectivity index (χ0v) is 15.0. The molecule has 2 aromatic heterocycles. The molecule has 1 aromatic carbocycles. The van der Waals surface area contributed by atoms with Crippen LogP contribution in [0.25, 0.3) is 5.69 Å². The molecular weight excluding hydrogens is 394 g/mol. The Kier molecular flexibility index (Phi) is 5.36. The summed E-state index contributed by atoms with van der Waals surface area (Å²) in [5, 5.41) is 14.4. The molecule has 11 heteroatoms. The zero-order valence-electron chi connectivity index (χ0n) is 14.2. The molecule has 2 heterocycles. The lowest BCUT2D eigenvalue weighted by atomic mass is 10.3. The highest BCUT2D eigenvalue weighted by Crippen LogP contribution is 2.26. The maximum Gasteiger partial charge on any atom is 0.404 e. The lowest BCUT2D eigenvalue weighted by Crippen LogP contribution is -2.23. The van der Waals surface area contributed by atoms with Gasteiger partial charge < -0.3 is 10.4 Å². The van der Waals surface area contributed by atoms with Gasteiger partial charge in [-0.25, -0.2) is 26.7 Å². The second-order valence-corrected chi connectivity index (χ2v) is 7.53. The number of benzene rings is 1. The summed E-state index contributed by atoms with van der Waals surface area (Å²) in [6.07, 6.45) is 1.32. The smallest absolute Gasteiger partial charge is 0.404 e. The average Bonchev–Trinajstić information content (AvgIpc) is 3.09. The van der Waals surface area contributed by atoms with Gasteiger partial charge in [-0.3, -0.25) is 4.98 Å². The predicted octanol–water partition coefficient (Wildman–Crippen LogP) is 2.19. The number of amides is 1. The maximum absolute atomic E-state index is 14.3. The molecule has 146 valence electrons. The number of carboxylic acid groups (broad SMARTS) is 1. The summed E-state index contributed by atoms with van der Waals surface area (Å²) < 4.78 is 54.7. The van der Waals surface area contributed by atoms with Crippen LogP contribution in [0.3, 0.4) is 0 Å². The Morgan fingerprint density at radius 3 is 2.68 bits per heavy atom. The van der Waals surface area contributed by atoms with Gasteiger partial charge in [0.2, 0.25) is 9.84 Å². The van der Waals surface area contributed by atoms with E-state index in [1.54, 1.807) is 0 Å². The van der Waals surface area contributed by atoms with Gasteiger partial charge in [0.25, 0.3) is 0 Å². The monoisotopic (exact) mass is 408 g/mol. The normalized spacial score (nSPS) is 11.4. The van der Waals surface area contributed by atoms with Gasteiger partial charge in [0, 0.05) is 25.4 Å². The van der Waals surface area contributed by atoms with Crippen molar-refractivity contribution in [3.63, 3.8) is 0 Å². The molecule has 0 saturated heterocycles. The van der Waals surface area contributed by atoms with Crippen molar-refractivity contribution in [1.29, 1.82) is 0 Å². The van der Waals surface area contributed by atoms with Crippen LogP contribution in [0.15, 0.2) is 58.7 Å². The first-order chi connectivity index (χ1) is 13.3. The van der Waals surface area contributed by atoms with Gasteiger partial charge in [0.15, 0.2) is 16.7 Å². The van der Waals surface area contributed by atoms with Crippen LogP contribution in [0.2, 0.25) is 0 Å². The Balaban J connectivity index is 2.13. The second-order valence-electron chi connectivity index (χ2n) is 5.63. The maximum atomic E-state index is 14.3. The molecule has 0 spiro atoms. The molecule has 8 nitrogen and oxygen atoms in total. The van der Waals surface area contributed by atoms with Crippen molar-refractivity contribution >= 4 is 15.9 Å². The fraction of sp³-hybridized carbons (Fsp3) is 0.118. The van der Waals surface area contributed by atoms with Crippen LogP contribution in [0, 0.1) is 11.6 Å². The van der Waals surface area contributed by atoms with E-state index in [-0.39, 0.29) is 29.2 Å². The summed E-state index contributed by atoms with van der Waals surface area (Å²) in [4.78, 5) is 14.2. The topological polar surface area (TPSA) is 114 Å². The standard InChI is InChI=1S/C17H14F2N4O4S/c18-13-4-1-5-14(16(13)19)23-15(9-11(22-23)6-8-21-17(24)25)28(26,27)12-3-2-7-20-10-12/h1-5,7,9-10,21H,6,8H2,(H,24,25). The SMILES string of the molecule is O=C(O)NCCc1cc(S(=O)(=O)c2cccnc2)n(-c2cccc(F)c2F)n1. The highest BCUT2D eigenvalue weighted by atomic mass is 32.2. The van der Waals surface area contributed by atoms with Gasteiger partial charge in [0.05, 0.1) is 10.6 Å². The quantitative estimate of drug-likeness (QED) is 0.646. The molecule has 3 aromatic rings. The number of hydrogen-bond donors (Lipinski definition) is 2. The molecule has 0 atom stereocenters. The fourth-order valence-electron chi connectivity index (χ4n) is 2.48. The largest absolute Gasteiger partial charge is 0.465 e. The van der Waals surface area contributed by atoms with Gasteiger partial charge >= 0.3 is 6.09 Å². The fourth-order valence-corrected chi connectivity index (χ4v) is 3.83. The molecular formula is C17H14F2N4O4S. The van der Waals surface area contributed by atoms with Gasteiger partial charge in [-0.05, 0) is 30.3 Å². The molecule has 0 aliphatic rings. The molecule has 0 radical (unpaired) electrons. The molecule has 0 saturated carbocycles. The van der Waals surface area contributed by atoms with Crippen LogP contribution in [0.1, 0.15) is 5.69 Å². The molecule has 1 amide bonds. The minimum atomic E-state index is -4.16. The lowest BCUT2D eigenvalue weighted by Gasteiger charge is -2.09. The predicted molar refractivity (Wildman–Crippen MR) is 92.9 cm³/mol. The number of carbonyl (C=O) groups is 1. The third-order valence-corrected chi connectivity index (χ3v) is 5.47. The molecule has 0 aliphatic heterocycles. The second kappa shape index (κ2) is 7.72. The van der Waals surface area contributed by atoms with Crippen LogP contribution in [-0.2, 0) is 16.3 Å². The third kappa shape index (κ3) is 3.83. The van der Waals surface area contributed by atoms with E-state index < -0.39 is 32.6 Å². The molecule has 3 rings (SSSR count). The zero-order chi connectivity index (χ0) is 20.3. The van der Waals surface area contributed by atoms with Crippen molar-refractivity contribution in [1.82, 2.24) is 20.1 Å². The van der Waals surface area contributed by atoms with E-state index in [1.807, 2.05) is 0 Å². The van der Waals surface area contributed by atoms with Gasteiger partial charge in [-0.2, -0.15) is 5.10 Å². The van der Waals surface area contributed by atoms with Crippen LogP contribution < -0.4 is 5.32 Å². The van der Waals surface area contributed by atoms with E-state index >= 15 is 0 Å². The summed E-state index contributed by atoms with van der Waals surface area (Å²) >= 11 is 0. The Morgan fingerprint density at radius 1 is 1.21 bits per heavy atom. The summed E-state index contributed by atoms with van der Waals surface area (Å²) in [6.45, 7) is -0.0373. The van der Waals surface area contributed by atoms with E-state index in [0.29, 0.717) is 0 Å². The van der Waals surface area contributed by atoms with Crippen molar-refractivity contribution in [3.8, 4) is 5.69 Å². The summed E-state index contributed by atoms with van der Waals surface area (Å²) in [6, 6.07) is 7.24. The van der Waals surface area contributed by atoms with Crippen LogP contribution >= 0.6 is 0 Å². The van der Waals surface area contributed by atoms with E-state index in [4.69, 9.17) is 5.11 Å². The Hall–Kier alpha value is -3.34. The number of pyridine rings is 1. The minimum absolute atomic E-state index is 0.0373. The number of nitrogens with zero attached hydrogens (tertiary/aromatic N) is 3. The van der Waals surface area contributed by atoms with Crippen LogP contribution in [0.5, 0.6) is 0 Å². The number of hydrogen-bond acceptors (Lipinski definition) is 5. The number of halogens is 2. The molecule has 0 unspecified atom stereocenters. The van der Waals surface area contributed by atoms with E-state index in [2.05, 4.69) is 15.4 Å². The van der Waals surface area contributed by atoms with Crippen molar-refractivity contribution in [2.24, 2.45) is 0 Å². The van der Waals surface area contributed by atoms with E-state index in [0.717, 1.165) is 16.9 Å². The van der Waals surface area contributed by atoms with Crippen molar-refractivity contribution in [3.05, 3.63) is 66.1 Å². The number of nitrogens with one attached hydrogen (secondary N) is 1. The van der Waals surface area contributed by atoms with Gasteiger partial charge in [0.1, 0.15) is 5.69 Å². The number of rotatable bonds is 6.